The summed E-state index contributed by atoms with van der Waals surface area (Å²) in [6.07, 6.45) is 8.40. The minimum absolute atomic E-state index is 0.233. The molecule has 0 aliphatic heterocycles. The number of hydrogen-bond acceptors (Lipinski definition) is 7. The van der Waals surface area contributed by atoms with Crippen molar-refractivity contribution in [3.8, 4) is 6.07 Å². The number of nitrogen functional groups attached to an aromatic ring is 1. The van der Waals surface area contributed by atoms with Crippen LogP contribution in [-0.4, -0.2) is 28.8 Å². The van der Waals surface area contributed by atoms with Crippen LogP contribution in [0.4, 0.5) is 5.69 Å². The summed E-state index contributed by atoms with van der Waals surface area (Å²) in [5, 5.41) is 10.5. The zero-order valence-electron chi connectivity index (χ0n) is 14.2. The topological polar surface area (TPSA) is 102 Å². The molecule has 7 heteroatoms. The van der Waals surface area contributed by atoms with Crippen LogP contribution in [0.3, 0.4) is 0 Å². The van der Waals surface area contributed by atoms with E-state index in [1.807, 2.05) is 6.26 Å². The van der Waals surface area contributed by atoms with Crippen LogP contribution in [0.15, 0.2) is 11.4 Å². The first kappa shape index (κ1) is 18.5. The molecule has 2 N–H and O–H groups in total. The van der Waals surface area contributed by atoms with Gasteiger partial charge in [0.05, 0.1) is 42.6 Å². The SMILES string of the molecule is CCOC(=O)CC1(C(C#N)c2nc(SC)ncc2N)CCCCC1. The fourth-order valence-corrected chi connectivity index (χ4v) is 3.88. The van der Waals surface area contributed by atoms with Gasteiger partial charge in [-0.1, -0.05) is 31.0 Å². The van der Waals surface area contributed by atoms with E-state index in [9.17, 15) is 10.1 Å². The average molecular weight is 348 g/mol. The molecule has 1 aromatic heterocycles. The summed E-state index contributed by atoms with van der Waals surface area (Å²) >= 11 is 1.41. The Bertz CT molecular complexity index is 624. The molecule has 6 nitrogen and oxygen atoms in total. The van der Waals surface area contributed by atoms with Crippen molar-refractivity contribution in [2.45, 2.75) is 56.5 Å². The lowest BCUT2D eigenvalue weighted by molar-refractivity contribution is -0.146. The summed E-state index contributed by atoms with van der Waals surface area (Å²) in [4.78, 5) is 20.8. The second-order valence-electron chi connectivity index (χ2n) is 6.16. The van der Waals surface area contributed by atoms with Crippen molar-refractivity contribution in [3.63, 3.8) is 0 Å². The van der Waals surface area contributed by atoms with Crippen LogP contribution in [0.2, 0.25) is 0 Å². The molecule has 1 saturated carbocycles. The first-order valence-electron chi connectivity index (χ1n) is 8.28. The molecule has 0 radical (unpaired) electrons. The Morgan fingerprint density at radius 3 is 2.79 bits per heavy atom. The lowest BCUT2D eigenvalue weighted by Crippen LogP contribution is -2.35. The molecule has 1 atom stereocenters. The van der Waals surface area contributed by atoms with Gasteiger partial charge in [0.15, 0.2) is 5.16 Å². The Balaban J connectivity index is 2.42. The maximum atomic E-state index is 12.2. The van der Waals surface area contributed by atoms with Crippen LogP contribution in [0.1, 0.15) is 57.1 Å². The smallest absolute Gasteiger partial charge is 0.306 e. The number of anilines is 1. The van der Waals surface area contributed by atoms with Gasteiger partial charge in [0, 0.05) is 5.41 Å². The fourth-order valence-electron chi connectivity index (χ4n) is 3.53. The van der Waals surface area contributed by atoms with Crippen LogP contribution in [-0.2, 0) is 9.53 Å². The molecule has 1 fully saturated rings. The summed E-state index contributed by atoms with van der Waals surface area (Å²) < 4.78 is 5.16. The molecular weight excluding hydrogens is 324 g/mol. The molecule has 0 aromatic carbocycles. The maximum Gasteiger partial charge on any atom is 0.306 e. The molecule has 1 aliphatic carbocycles. The van der Waals surface area contributed by atoms with E-state index in [2.05, 4.69) is 16.0 Å². The van der Waals surface area contributed by atoms with Gasteiger partial charge in [-0.3, -0.25) is 4.79 Å². The van der Waals surface area contributed by atoms with Gasteiger partial charge in [0.25, 0.3) is 0 Å². The zero-order chi connectivity index (χ0) is 17.6. The third-order valence-electron chi connectivity index (χ3n) is 4.67. The summed E-state index contributed by atoms with van der Waals surface area (Å²) in [6, 6.07) is 2.38. The molecule has 2 rings (SSSR count). The van der Waals surface area contributed by atoms with Gasteiger partial charge in [-0.2, -0.15) is 5.26 Å². The summed E-state index contributed by atoms with van der Waals surface area (Å²) in [5.41, 5.74) is 6.57. The minimum Gasteiger partial charge on any atom is -0.466 e. The van der Waals surface area contributed by atoms with Crippen molar-refractivity contribution >= 4 is 23.4 Å². The number of ether oxygens (including phenoxy) is 1. The van der Waals surface area contributed by atoms with Crippen LogP contribution in [0.5, 0.6) is 0 Å². The highest BCUT2D eigenvalue weighted by Crippen LogP contribution is 2.50. The summed E-state index contributed by atoms with van der Waals surface area (Å²) in [7, 11) is 0. The van der Waals surface area contributed by atoms with Crippen molar-refractivity contribution < 1.29 is 9.53 Å². The molecule has 1 unspecified atom stereocenters. The zero-order valence-corrected chi connectivity index (χ0v) is 15.1. The normalized spacial score (nSPS) is 17.7. The first-order chi connectivity index (χ1) is 11.6. The van der Waals surface area contributed by atoms with E-state index in [1.54, 1.807) is 13.1 Å². The molecule has 0 bridgehead atoms. The highest BCUT2D eigenvalue weighted by molar-refractivity contribution is 7.98. The number of aromatic nitrogens is 2. The molecule has 0 spiro atoms. The quantitative estimate of drug-likeness (QED) is 0.478. The monoisotopic (exact) mass is 348 g/mol. The van der Waals surface area contributed by atoms with Gasteiger partial charge in [0.1, 0.15) is 0 Å². The second-order valence-corrected chi connectivity index (χ2v) is 6.94. The van der Waals surface area contributed by atoms with Crippen LogP contribution < -0.4 is 5.73 Å². The number of rotatable bonds is 6. The number of carbonyl (C=O) groups is 1. The Morgan fingerprint density at radius 1 is 1.50 bits per heavy atom. The van der Waals surface area contributed by atoms with Crippen molar-refractivity contribution in [1.82, 2.24) is 9.97 Å². The standard InChI is InChI=1S/C17H24N4O2S/c1-3-23-14(22)9-17(7-5-4-6-8-17)12(10-18)15-13(19)11-20-16(21-15)24-2/h11-12H,3-9,19H2,1-2H3. The Labute approximate surface area is 147 Å². The number of carbonyl (C=O) groups excluding carboxylic acids is 1. The van der Waals surface area contributed by atoms with Gasteiger partial charge in [-0.25, -0.2) is 9.97 Å². The maximum absolute atomic E-state index is 12.2. The first-order valence-corrected chi connectivity index (χ1v) is 9.50. The molecule has 1 aliphatic rings. The molecule has 0 saturated heterocycles. The summed E-state index contributed by atoms with van der Waals surface area (Å²) in [6.45, 7) is 2.14. The summed E-state index contributed by atoms with van der Waals surface area (Å²) in [5.74, 6) is -0.784. The Kier molecular flexibility index (Phi) is 6.44. The minimum atomic E-state index is -0.531. The Morgan fingerprint density at radius 2 is 2.21 bits per heavy atom. The lowest BCUT2D eigenvalue weighted by Gasteiger charge is -2.40. The van der Waals surface area contributed by atoms with Crippen LogP contribution in [0.25, 0.3) is 0 Å². The number of nitrogens with two attached hydrogens (primary N) is 1. The number of thioether (sulfide) groups is 1. The lowest BCUT2D eigenvalue weighted by atomic mass is 9.63. The van der Waals surface area contributed by atoms with Crippen molar-refractivity contribution in [1.29, 1.82) is 5.26 Å². The predicted molar refractivity (Wildman–Crippen MR) is 93.3 cm³/mol. The van der Waals surface area contributed by atoms with E-state index in [4.69, 9.17) is 10.5 Å². The van der Waals surface area contributed by atoms with Crippen LogP contribution >= 0.6 is 11.8 Å². The Hall–Kier alpha value is -1.81. The van der Waals surface area contributed by atoms with Crippen molar-refractivity contribution in [3.05, 3.63) is 11.9 Å². The van der Waals surface area contributed by atoms with E-state index in [1.165, 1.54) is 11.8 Å². The van der Waals surface area contributed by atoms with E-state index in [0.717, 1.165) is 32.1 Å². The highest BCUT2D eigenvalue weighted by Gasteiger charge is 2.44. The van der Waals surface area contributed by atoms with Gasteiger partial charge in [0.2, 0.25) is 0 Å². The van der Waals surface area contributed by atoms with Crippen molar-refractivity contribution in [2.24, 2.45) is 5.41 Å². The molecular formula is C17H24N4O2S. The van der Waals surface area contributed by atoms with Gasteiger partial charge >= 0.3 is 5.97 Å². The molecule has 1 heterocycles. The largest absolute Gasteiger partial charge is 0.466 e. The number of nitrogens with zero attached hydrogens (tertiary/aromatic N) is 3. The fraction of sp³-hybridized carbons (Fsp3) is 0.647. The van der Waals surface area contributed by atoms with Gasteiger partial charge < -0.3 is 10.5 Å². The van der Waals surface area contributed by atoms with E-state index < -0.39 is 11.3 Å². The predicted octanol–water partition coefficient (Wildman–Crippen LogP) is 3.29. The third kappa shape index (κ3) is 3.99. The number of nitriles is 1. The average Bonchev–Trinajstić information content (AvgIpc) is 2.58. The third-order valence-corrected chi connectivity index (χ3v) is 5.24. The van der Waals surface area contributed by atoms with Crippen LogP contribution in [0, 0.1) is 16.7 Å². The van der Waals surface area contributed by atoms with Crippen molar-refractivity contribution in [2.75, 3.05) is 18.6 Å². The molecule has 1 aromatic rings. The van der Waals surface area contributed by atoms with E-state index >= 15 is 0 Å². The molecule has 0 amide bonds. The van der Waals surface area contributed by atoms with E-state index in [0.29, 0.717) is 23.1 Å². The second kappa shape index (κ2) is 8.34. The van der Waals surface area contributed by atoms with E-state index in [-0.39, 0.29) is 12.4 Å². The number of hydrogen-bond donors (Lipinski definition) is 1. The number of esters is 1. The molecule has 130 valence electrons. The van der Waals surface area contributed by atoms with Gasteiger partial charge in [-0.15, -0.1) is 0 Å². The molecule has 24 heavy (non-hydrogen) atoms. The highest BCUT2D eigenvalue weighted by atomic mass is 32.2. The van der Waals surface area contributed by atoms with Gasteiger partial charge in [-0.05, 0) is 26.0 Å².